The van der Waals surface area contributed by atoms with Crippen LogP contribution in [0.2, 0.25) is 0 Å². The summed E-state index contributed by atoms with van der Waals surface area (Å²) in [5.41, 5.74) is 0. The highest BCUT2D eigenvalue weighted by Crippen LogP contribution is 2.77. The fourth-order valence-electron chi connectivity index (χ4n) is 4.36. The zero-order valence-electron chi connectivity index (χ0n) is 29.5. The van der Waals surface area contributed by atoms with Gasteiger partial charge in [-0.25, -0.2) is 9.13 Å². The molecule has 0 fully saturated rings. The molecule has 8 nitrogen and oxygen atoms in total. The molecule has 0 radical (unpaired) electrons. The molecule has 2 unspecified atom stereocenters. The summed E-state index contributed by atoms with van der Waals surface area (Å²) in [4.78, 5) is 19.7. The Morgan fingerprint density at radius 3 is 1.11 bits per heavy atom. The van der Waals surface area contributed by atoms with E-state index in [4.69, 9.17) is 32.2 Å². The molecule has 0 amide bonds. The van der Waals surface area contributed by atoms with Crippen LogP contribution >= 0.6 is 38.4 Å². The molecule has 2 N–H and O–H groups in total. The quantitative estimate of drug-likeness (QED) is 0.0481. The minimum atomic E-state index is -4.73. The zero-order chi connectivity index (χ0) is 35.3. The number of halogens is 2. The highest BCUT2D eigenvalue weighted by atomic mass is 35.5. The van der Waals surface area contributed by atoms with Crippen molar-refractivity contribution in [1.82, 2.24) is 0 Å². The number of unbranched alkanes of at least 4 members (excludes halogenated alkanes) is 12. The lowest BCUT2D eigenvalue weighted by molar-refractivity contribution is -0.697. The fraction of sp³-hybridized carbons (Fsp3) is 0.714. The lowest BCUT2D eigenvalue weighted by Crippen LogP contribution is -2.32. The van der Waals surface area contributed by atoms with E-state index in [1.165, 1.54) is 64.5 Å². The van der Waals surface area contributed by atoms with Gasteiger partial charge in [0.05, 0.1) is 13.2 Å². The second kappa shape index (κ2) is 29.0. The van der Waals surface area contributed by atoms with Gasteiger partial charge in [0, 0.05) is 37.1 Å². The molecule has 0 aliphatic rings. The van der Waals surface area contributed by atoms with Crippen LogP contribution < -0.4 is 9.13 Å². The molecular weight excluding hydrogens is 677 g/mol. The molecule has 2 aromatic heterocycles. The fourth-order valence-corrected chi connectivity index (χ4v) is 7.63. The van der Waals surface area contributed by atoms with Crippen LogP contribution in [0.1, 0.15) is 130 Å². The number of pyridine rings is 2. The summed E-state index contributed by atoms with van der Waals surface area (Å²) in [6.45, 7) is 10.8. The van der Waals surface area contributed by atoms with Gasteiger partial charge >= 0.3 is 19.0 Å². The first-order valence-corrected chi connectivity index (χ1v) is 21.6. The smallest absolute Gasteiger partial charge is 0.322 e. The van der Waals surface area contributed by atoms with E-state index in [2.05, 4.69) is 84.2 Å². The summed E-state index contributed by atoms with van der Waals surface area (Å²) in [6.07, 6.45) is 25.9. The molecule has 0 saturated carbocycles. The van der Waals surface area contributed by atoms with Crippen LogP contribution in [0, 0.1) is 0 Å². The van der Waals surface area contributed by atoms with E-state index in [1.54, 1.807) is 0 Å². The molecule has 0 aliphatic carbocycles. The van der Waals surface area contributed by atoms with Crippen molar-refractivity contribution in [2.24, 2.45) is 0 Å². The van der Waals surface area contributed by atoms with Gasteiger partial charge in [0.1, 0.15) is 13.1 Å². The van der Waals surface area contributed by atoms with Crippen molar-refractivity contribution in [3.05, 3.63) is 61.2 Å². The van der Waals surface area contributed by atoms with Crippen molar-refractivity contribution in [3.63, 3.8) is 0 Å². The summed E-state index contributed by atoms with van der Waals surface area (Å²) in [5.74, 6) is 0. The van der Waals surface area contributed by atoms with E-state index in [0.717, 1.165) is 38.5 Å². The summed E-state index contributed by atoms with van der Waals surface area (Å²) in [6, 6.07) is 12.4. The third-order valence-corrected chi connectivity index (χ3v) is 13.8. The summed E-state index contributed by atoms with van der Waals surface area (Å²) < 4.78 is 35.4. The molecule has 0 saturated heterocycles. The molecule has 2 atom stereocenters. The summed E-state index contributed by atoms with van der Waals surface area (Å²) >= 11 is 11.4. The SMILES string of the molecule is CCCCCCOP(=O)(O)C(Cl)(Cl)P(=O)(O)OCCCCCC.CCCCCC[n+]1ccccc1.CCCCCC[n+]1ccccc1. The Hall–Kier alpha value is -0.820. The van der Waals surface area contributed by atoms with Crippen LogP contribution in [-0.4, -0.2) is 26.8 Å². The molecule has 2 rings (SSSR count). The highest BCUT2D eigenvalue weighted by molar-refractivity contribution is 7.79. The van der Waals surface area contributed by atoms with Gasteiger partial charge in [-0.3, -0.25) is 9.13 Å². The first-order chi connectivity index (χ1) is 22.5. The van der Waals surface area contributed by atoms with Crippen molar-refractivity contribution in [2.45, 2.75) is 147 Å². The Morgan fingerprint density at radius 1 is 0.511 bits per heavy atom. The van der Waals surface area contributed by atoms with Gasteiger partial charge in [0.25, 0.3) is 0 Å². The first-order valence-electron chi connectivity index (χ1n) is 17.7. The van der Waals surface area contributed by atoms with E-state index in [-0.39, 0.29) is 13.2 Å². The molecule has 2 aromatic rings. The maximum atomic E-state index is 12.1. The largest absolute Gasteiger partial charge is 0.376 e. The van der Waals surface area contributed by atoms with E-state index in [0.29, 0.717) is 12.8 Å². The number of hydrogen-bond acceptors (Lipinski definition) is 4. The van der Waals surface area contributed by atoms with Crippen LogP contribution in [0.4, 0.5) is 0 Å². The van der Waals surface area contributed by atoms with Gasteiger partial charge in [-0.1, -0.05) is 127 Å². The average Bonchev–Trinajstić information content (AvgIpc) is 3.06. The van der Waals surface area contributed by atoms with Crippen LogP contribution in [0.15, 0.2) is 61.2 Å². The van der Waals surface area contributed by atoms with Crippen LogP contribution in [-0.2, 0) is 31.3 Å². The average molecular weight is 742 g/mol. The van der Waals surface area contributed by atoms with Gasteiger partial charge in [-0.05, 0) is 25.7 Å². The number of nitrogens with zero attached hydrogens (tertiary/aromatic N) is 2. The Balaban J connectivity index is 0.000000737. The topological polar surface area (TPSA) is 101 Å². The van der Waals surface area contributed by atoms with Crippen LogP contribution in [0.25, 0.3) is 0 Å². The molecule has 0 spiro atoms. The summed E-state index contributed by atoms with van der Waals surface area (Å²) in [5, 5.41) is 0. The second-order valence-corrected chi connectivity index (χ2v) is 18.4. The number of aryl methyl sites for hydroxylation is 2. The number of rotatable bonds is 24. The maximum absolute atomic E-state index is 12.1. The number of aromatic nitrogens is 2. The Bertz CT molecular complexity index is 1000. The molecule has 0 bridgehead atoms. The standard InChI is InChI=1S/C13H28Cl2O6P2.2C11H18N/c1-3-5-7-9-11-20-22(16,17)13(14,15)23(18,19)21-12-10-8-6-4-2;2*1-2-3-4-6-9-12-10-7-5-8-11-12/h3-12H2,1-2H3,(H,16,17)(H,18,19);2*5,7-8,10-11H,2-4,6,9H2,1H3/q;2*+1. The van der Waals surface area contributed by atoms with Crippen molar-refractivity contribution >= 4 is 38.4 Å². The lowest BCUT2D eigenvalue weighted by atomic mass is 10.2. The number of hydrogen-bond donors (Lipinski definition) is 2. The van der Waals surface area contributed by atoms with Gasteiger partial charge in [-0.15, -0.1) is 0 Å². The van der Waals surface area contributed by atoms with Gasteiger partial charge < -0.3 is 18.8 Å². The molecule has 0 aliphatic heterocycles. The minimum absolute atomic E-state index is 0.0640. The predicted octanol–water partition coefficient (Wildman–Crippen LogP) is 10.7. The Morgan fingerprint density at radius 2 is 0.809 bits per heavy atom. The molecule has 0 aromatic carbocycles. The Labute approximate surface area is 296 Å². The van der Waals surface area contributed by atoms with Crippen molar-refractivity contribution in [3.8, 4) is 0 Å². The van der Waals surface area contributed by atoms with E-state index >= 15 is 0 Å². The molecular formula is C35H64Cl2N2O6P2+2. The molecule has 12 heteroatoms. The van der Waals surface area contributed by atoms with Crippen LogP contribution in [0.5, 0.6) is 0 Å². The third kappa shape index (κ3) is 22.5. The van der Waals surface area contributed by atoms with Crippen molar-refractivity contribution in [2.75, 3.05) is 13.2 Å². The second-order valence-electron chi connectivity index (χ2n) is 11.7. The lowest BCUT2D eigenvalue weighted by Gasteiger charge is -2.28. The molecule has 2 heterocycles. The van der Waals surface area contributed by atoms with E-state index in [1.807, 2.05) is 13.8 Å². The molecule has 272 valence electrons. The molecule has 47 heavy (non-hydrogen) atoms. The van der Waals surface area contributed by atoms with E-state index in [9.17, 15) is 18.9 Å². The predicted molar refractivity (Wildman–Crippen MR) is 196 cm³/mol. The van der Waals surface area contributed by atoms with Crippen molar-refractivity contribution < 1.29 is 37.1 Å². The third-order valence-electron chi connectivity index (χ3n) is 7.30. The number of alkyl halides is 2. The van der Waals surface area contributed by atoms with Crippen molar-refractivity contribution in [1.29, 1.82) is 0 Å². The normalized spacial score (nSPS) is 13.8. The first kappa shape index (κ1) is 46.2. The zero-order valence-corrected chi connectivity index (χ0v) is 32.8. The Kier molecular flexibility index (Phi) is 28.5. The van der Waals surface area contributed by atoms with Crippen LogP contribution in [0.3, 0.4) is 0 Å². The highest BCUT2D eigenvalue weighted by Gasteiger charge is 2.61. The maximum Gasteiger partial charge on any atom is 0.376 e. The van der Waals surface area contributed by atoms with Gasteiger partial charge in [0.2, 0.25) is 0 Å². The van der Waals surface area contributed by atoms with E-state index < -0.39 is 19.0 Å². The minimum Gasteiger partial charge on any atom is -0.322 e. The van der Waals surface area contributed by atoms with Gasteiger partial charge in [0.15, 0.2) is 24.8 Å². The monoisotopic (exact) mass is 740 g/mol. The van der Waals surface area contributed by atoms with Gasteiger partial charge in [-0.2, -0.15) is 0 Å². The summed E-state index contributed by atoms with van der Waals surface area (Å²) in [7, 11) is -9.47.